The van der Waals surface area contributed by atoms with Gasteiger partial charge in [0.15, 0.2) is 6.61 Å². The zero-order chi connectivity index (χ0) is 18.4. The minimum Gasteiger partial charge on any atom is -0.484 e. The van der Waals surface area contributed by atoms with Gasteiger partial charge < -0.3 is 15.4 Å². The fourth-order valence-electron chi connectivity index (χ4n) is 2.13. The molecule has 0 radical (unpaired) electrons. The van der Waals surface area contributed by atoms with Crippen LogP contribution in [-0.2, 0) is 4.79 Å². The first-order valence-electron chi connectivity index (χ1n) is 7.75. The van der Waals surface area contributed by atoms with Crippen molar-refractivity contribution in [1.29, 1.82) is 0 Å². The van der Waals surface area contributed by atoms with Crippen LogP contribution in [0.3, 0.4) is 0 Å². The van der Waals surface area contributed by atoms with E-state index < -0.39 is 0 Å². The van der Waals surface area contributed by atoms with Crippen LogP contribution in [0.5, 0.6) is 5.75 Å². The molecule has 0 aliphatic heterocycles. The quantitative estimate of drug-likeness (QED) is 0.662. The second-order valence-electron chi connectivity index (χ2n) is 5.36. The van der Waals surface area contributed by atoms with Crippen LogP contribution < -0.4 is 15.4 Å². The number of hydrogen-bond acceptors (Lipinski definition) is 4. The van der Waals surface area contributed by atoms with Gasteiger partial charge in [0.1, 0.15) is 17.4 Å². The lowest BCUT2D eigenvalue weighted by atomic mass is 10.3. The molecule has 1 amide bonds. The summed E-state index contributed by atoms with van der Waals surface area (Å²) < 4.78 is 18.5. The second kappa shape index (κ2) is 8.31. The predicted octanol–water partition coefficient (Wildman–Crippen LogP) is 4.64. The standard InChI is InChI=1S/C19H15ClFN3O2/c20-13-4-7-17(8-5-13)26-12-19(25)24-18-9-6-16(11-22-18)23-15-3-1-2-14(21)10-15/h1-11,23H,12H2,(H,22,24,25). The van der Waals surface area contributed by atoms with Crippen LogP contribution in [0.15, 0.2) is 66.9 Å². The summed E-state index contributed by atoms with van der Waals surface area (Å²) in [6, 6.07) is 16.2. The van der Waals surface area contributed by atoms with Gasteiger partial charge in [-0.2, -0.15) is 0 Å². The Kier molecular flexibility index (Phi) is 5.66. The van der Waals surface area contributed by atoms with Crippen molar-refractivity contribution in [3.63, 3.8) is 0 Å². The Bertz CT molecular complexity index is 886. The highest BCUT2D eigenvalue weighted by atomic mass is 35.5. The number of nitrogens with one attached hydrogen (secondary N) is 2. The number of halogens is 2. The number of hydrogen-bond donors (Lipinski definition) is 2. The molecule has 0 fully saturated rings. The van der Waals surface area contributed by atoms with Gasteiger partial charge in [-0.3, -0.25) is 4.79 Å². The molecular formula is C19H15ClFN3O2. The van der Waals surface area contributed by atoms with Crippen LogP contribution in [-0.4, -0.2) is 17.5 Å². The lowest BCUT2D eigenvalue weighted by Crippen LogP contribution is -2.20. The molecule has 0 spiro atoms. The minimum atomic E-state index is -0.335. The number of rotatable bonds is 6. The molecule has 0 saturated heterocycles. The van der Waals surface area contributed by atoms with E-state index in [1.807, 2.05) is 0 Å². The van der Waals surface area contributed by atoms with Crippen molar-refractivity contribution in [1.82, 2.24) is 4.98 Å². The number of pyridine rings is 1. The number of nitrogens with zero attached hydrogens (tertiary/aromatic N) is 1. The Morgan fingerprint density at radius 2 is 1.88 bits per heavy atom. The third kappa shape index (κ3) is 5.19. The Balaban J connectivity index is 1.51. The van der Waals surface area contributed by atoms with Crippen molar-refractivity contribution >= 4 is 34.7 Å². The molecule has 3 aromatic rings. The maximum absolute atomic E-state index is 13.2. The van der Waals surface area contributed by atoms with Crippen molar-refractivity contribution in [2.24, 2.45) is 0 Å². The average molecular weight is 372 g/mol. The molecule has 7 heteroatoms. The number of anilines is 3. The number of ether oxygens (including phenoxy) is 1. The van der Waals surface area contributed by atoms with Crippen LogP contribution in [0.25, 0.3) is 0 Å². The molecule has 26 heavy (non-hydrogen) atoms. The van der Waals surface area contributed by atoms with E-state index in [0.717, 1.165) is 0 Å². The lowest BCUT2D eigenvalue weighted by Gasteiger charge is -2.09. The zero-order valence-corrected chi connectivity index (χ0v) is 14.3. The maximum Gasteiger partial charge on any atom is 0.263 e. The summed E-state index contributed by atoms with van der Waals surface area (Å²) in [5.74, 6) is 0.275. The largest absolute Gasteiger partial charge is 0.484 e. The number of carbonyl (C=O) groups excluding carboxylic acids is 1. The van der Waals surface area contributed by atoms with Crippen molar-refractivity contribution in [2.75, 3.05) is 17.2 Å². The molecule has 5 nitrogen and oxygen atoms in total. The van der Waals surface area contributed by atoms with E-state index in [1.54, 1.807) is 54.7 Å². The highest BCUT2D eigenvalue weighted by molar-refractivity contribution is 6.30. The minimum absolute atomic E-state index is 0.146. The van der Waals surface area contributed by atoms with E-state index in [9.17, 15) is 9.18 Å². The van der Waals surface area contributed by atoms with Crippen molar-refractivity contribution in [3.05, 3.63) is 77.7 Å². The second-order valence-corrected chi connectivity index (χ2v) is 5.79. The summed E-state index contributed by atoms with van der Waals surface area (Å²) >= 11 is 5.79. The lowest BCUT2D eigenvalue weighted by molar-refractivity contribution is -0.118. The third-order valence-corrected chi connectivity index (χ3v) is 3.58. The molecule has 1 aromatic heterocycles. The van der Waals surface area contributed by atoms with Crippen LogP contribution in [0, 0.1) is 5.82 Å². The molecule has 2 aromatic carbocycles. The number of benzene rings is 2. The van der Waals surface area contributed by atoms with Gasteiger partial charge in [0.2, 0.25) is 0 Å². The summed E-state index contributed by atoms with van der Waals surface area (Å²) in [6.45, 7) is -0.146. The topological polar surface area (TPSA) is 63.2 Å². The molecule has 2 N–H and O–H groups in total. The smallest absolute Gasteiger partial charge is 0.263 e. The van der Waals surface area contributed by atoms with Gasteiger partial charge in [-0.05, 0) is 54.6 Å². The third-order valence-electron chi connectivity index (χ3n) is 3.33. The molecule has 1 heterocycles. The van der Waals surface area contributed by atoms with Gasteiger partial charge in [0.25, 0.3) is 5.91 Å². The fraction of sp³-hybridized carbons (Fsp3) is 0.0526. The van der Waals surface area contributed by atoms with E-state index in [4.69, 9.17) is 16.3 Å². The summed E-state index contributed by atoms with van der Waals surface area (Å²) in [4.78, 5) is 16.0. The Hall–Kier alpha value is -3.12. The average Bonchev–Trinajstić information content (AvgIpc) is 2.63. The highest BCUT2D eigenvalue weighted by Gasteiger charge is 2.05. The predicted molar refractivity (Wildman–Crippen MR) is 99.5 cm³/mol. The van der Waals surface area contributed by atoms with Crippen LogP contribution in [0.1, 0.15) is 0 Å². The van der Waals surface area contributed by atoms with E-state index >= 15 is 0 Å². The normalized spacial score (nSPS) is 10.2. The molecular weight excluding hydrogens is 357 g/mol. The Labute approximate surface area is 154 Å². The van der Waals surface area contributed by atoms with E-state index in [1.165, 1.54) is 12.1 Å². The molecule has 0 unspecified atom stereocenters. The molecule has 0 atom stereocenters. The molecule has 3 rings (SSSR count). The molecule has 0 aliphatic rings. The summed E-state index contributed by atoms with van der Waals surface area (Å²) in [6.07, 6.45) is 1.54. The van der Waals surface area contributed by atoms with Gasteiger partial charge in [0, 0.05) is 10.7 Å². The molecule has 0 aliphatic carbocycles. The SMILES string of the molecule is O=C(COc1ccc(Cl)cc1)Nc1ccc(Nc2cccc(F)c2)cn1. The van der Waals surface area contributed by atoms with Gasteiger partial charge >= 0.3 is 0 Å². The van der Waals surface area contributed by atoms with Crippen molar-refractivity contribution in [2.45, 2.75) is 0 Å². The fourth-order valence-corrected chi connectivity index (χ4v) is 2.26. The summed E-state index contributed by atoms with van der Waals surface area (Å²) in [5, 5.41) is 6.26. The highest BCUT2D eigenvalue weighted by Crippen LogP contribution is 2.18. The first-order chi connectivity index (χ1) is 12.6. The van der Waals surface area contributed by atoms with Gasteiger partial charge in [-0.15, -0.1) is 0 Å². The van der Waals surface area contributed by atoms with Gasteiger partial charge in [-0.25, -0.2) is 9.37 Å². The number of amides is 1. The van der Waals surface area contributed by atoms with Crippen molar-refractivity contribution < 1.29 is 13.9 Å². The maximum atomic E-state index is 13.2. The molecule has 132 valence electrons. The summed E-state index contributed by atoms with van der Waals surface area (Å²) in [7, 11) is 0. The molecule has 0 bridgehead atoms. The number of carbonyl (C=O) groups is 1. The number of aromatic nitrogens is 1. The van der Waals surface area contributed by atoms with E-state index in [0.29, 0.717) is 28.0 Å². The van der Waals surface area contributed by atoms with E-state index in [2.05, 4.69) is 15.6 Å². The van der Waals surface area contributed by atoms with Crippen LogP contribution >= 0.6 is 11.6 Å². The summed E-state index contributed by atoms with van der Waals surface area (Å²) in [5.41, 5.74) is 1.28. The van der Waals surface area contributed by atoms with Gasteiger partial charge in [-0.1, -0.05) is 17.7 Å². The van der Waals surface area contributed by atoms with Crippen LogP contribution in [0.4, 0.5) is 21.6 Å². The first kappa shape index (κ1) is 17.7. The molecule has 0 saturated carbocycles. The first-order valence-corrected chi connectivity index (χ1v) is 8.13. The monoisotopic (exact) mass is 371 g/mol. The Morgan fingerprint density at radius 1 is 1.08 bits per heavy atom. The Morgan fingerprint density at radius 3 is 2.58 bits per heavy atom. The zero-order valence-electron chi connectivity index (χ0n) is 13.6. The van der Waals surface area contributed by atoms with Crippen molar-refractivity contribution in [3.8, 4) is 5.75 Å². The van der Waals surface area contributed by atoms with Gasteiger partial charge in [0.05, 0.1) is 11.9 Å². The van der Waals surface area contributed by atoms with E-state index in [-0.39, 0.29) is 18.3 Å². The van der Waals surface area contributed by atoms with Crippen LogP contribution in [0.2, 0.25) is 5.02 Å².